The summed E-state index contributed by atoms with van der Waals surface area (Å²) in [5.41, 5.74) is 0.823. The number of nitrogens with one attached hydrogen (secondary N) is 2. The zero-order valence-corrected chi connectivity index (χ0v) is 16.4. The van der Waals surface area contributed by atoms with E-state index in [1.165, 1.54) is 13.8 Å². The summed E-state index contributed by atoms with van der Waals surface area (Å²) < 4.78 is 4.95. The number of alkyl carbamates (subject to hydrolysis) is 1. The highest BCUT2D eigenvalue weighted by Gasteiger charge is 2.20. The number of hydrogen-bond donors (Lipinski definition) is 3. The maximum atomic E-state index is 11.6. The molecular weight excluding hydrogens is 399 g/mol. The molecule has 0 aliphatic heterocycles. The van der Waals surface area contributed by atoms with Gasteiger partial charge in [0.25, 0.3) is 0 Å². The van der Waals surface area contributed by atoms with E-state index in [2.05, 4.69) is 10.6 Å². The number of alkyl halides is 2. The Bertz CT molecular complexity index is 621. The van der Waals surface area contributed by atoms with E-state index in [-0.39, 0.29) is 24.2 Å². The summed E-state index contributed by atoms with van der Waals surface area (Å²) in [5, 5.41) is 13.3. The first kappa shape index (κ1) is 24.7. The predicted molar refractivity (Wildman–Crippen MR) is 101 cm³/mol. The van der Waals surface area contributed by atoms with Crippen LogP contribution in [0.25, 0.3) is 0 Å². The van der Waals surface area contributed by atoms with E-state index in [0.717, 1.165) is 5.56 Å². The molecule has 0 saturated heterocycles. The van der Waals surface area contributed by atoms with Crippen molar-refractivity contribution in [2.45, 2.75) is 32.5 Å². The van der Waals surface area contributed by atoms with E-state index in [1.807, 2.05) is 18.2 Å². The molecule has 1 aromatic carbocycles. The number of carboxylic acids is 1. The predicted octanol–water partition coefficient (Wildman–Crippen LogP) is 1.92. The minimum Gasteiger partial charge on any atom is -0.480 e. The molecule has 150 valence electrons. The lowest BCUT2D eigenvalue weighted by Crippen LogP contribution is -2.49. The van der Waals surface area contributed by atoms with Crippen LogP contribution in [0, 0.1) is 0 Å². The Morgan fingerprint density at radius 3 is 2.00 bits per heavy atom. The second-order valence-electron chi connectivity index (χ2n) is 5.30. The highest BCUT2D eigenvalue weighted by molar-refractivity contribution is 6.35. The number of carboxylic acid groups (broad SMARTS) is 1. The smallest absolute Gasteiger partial charge is 0.408 e. The number of carbonyl (C=O) groups is 4. The molecule has 3 N–H and O–H groups in total. The Morgan fingerprint density at radius 1 is 1.00 bits per heavy atom. The minimum absolute atomic E-state index is 0.0312. The first-order valence-electron chi connectivity index (χ1n) is 7.85. The molecule has 2 amide bonds. The summed E-state index contributed by atoms with van der Waals surface area (Å²) in [7, 11) is 0. The number of rotatable bonds is 8. The van der Waals surface area contributed by atoms with Crippen LogP contribution in [-0.4, -0.2) is 52.7 Å². The van der Waals surface area contributed by atoms with E-state index in [1.54, 1.807) is 12.1 Å². The molecule has 1 rings (SSSR count). The summed E-state index contributed by atoms with van der Waals surface area (Å²) in [4.78, 5) is 43.7. The van der Waals surface area contributed by atoms with Crippen LogP contribution in [0.5, 0.6) is 0 Å². The molecule has 0 aliphatic rings. The lowest BCUT2D eigenvalue weighted by Gasteiger charge is -2.16. The van der Waals surface area contributed by atoms with Gasteiger partial charge in [0, 0.05) is 0 Å². The van der Waals surface area contributed by atoms with Crippen molar-refractivity contribution < 1.29 is 29.0 Å². The quantitative estimate of drug-likeness (QED) is 0.552. The van der Waals surface area contributed by atoms with Crippen molar-refractivity contribution >= 4 is 47.0 Å². The Labute approximate surface area is 167 Å². The van der Waals surface area contributed by atoms with Crippen molar-refractivity contribution in [3.8, 4) is 0 Å². The van der Waals surface area contributed by atoms with E-state index in [9.17, 15) is 19.2 Å². The van der Waals surface area contributed by atoms with Crippen LogP contribution in [0.1, 0.15) is 19.4 Å². The van der Waals surface area contributed by atoms with Crippen molar-refractivity contribution in [1.29, 1.82) is 0 Å². The van der Waals surface area contributed by atoms with Gasteiger partial charge in [0.15, 0.2) is 5.78 Å². The molecule has 0 fully saturated rings. The molecule has 27 heavy (non-hydrogen) atoms. The van der Waals surface area contributed by atoms with Crippen LogP contribution in [0.3, 0.4) is 0 Å². The number of ether oxygens (including phenoxy) is 1. The number of aliphatic carboxylic acids is 1. The number of amides is 2. The fraction of sp³-hybridized carbons (Fsp3) is 0.412. The summed E-state index contributed by atoms with van der Waals surface area (Å²) in [5.74, 6) is -1.81. The number of halogens is 2. The van der Waals surface area contributed by atoms with Gasteiger partial charge in [-0.1, -0.05) is 30.3 Å². The molecule has 0 unspecified atom stereocenters. The summed E-state index contributed by atoms with van der Waals surface area (Å²) in [6, 6.07) is 7.17. The Morgan fingerprint density at radius 2 is 1.56 bits per heavy atom. The van der Waals surface area contributed by atoms with Gasteiger partial charge < -0.3 is 20.5 Å². The average Bonchev–Trinajstić information content (AvgIpc) is 2.66. The second kappa shape index (κ2) is 13.8. The Balaban J connectivity index is 0.000000972. The van der Waals surface area contributed by atoms with Gasteiger partial charge in [0.1, 0.15) is 18.7 Å². The highest BCUT2D eigenvalue weighted by atomic mass is 35.5. The number of carbonyl (C=O) groups excluding carboxylic acids is 3. The van der Waals surface area contributed by atoms with Crippen molar-refractivity contribution in [2.24, 2.45) is 0 Å². The standard InChI is InChI=1S/C14H18N2O5.C3H4Cl2O/c1-9(12(17)15-10(2)13(18)19)16-14(20)21-8-11-6-4-3-5-7-11;4-1-3(6)2-5/h3-7,9-10H,8H2,1-2H3,(H,15,17)(H,16,20)(H,18,19);1-2H2/t9-,10-;/m0./s1. The van der Waals surface area contributed by atoms with Crippen LogP contribution < -0.4 is 10.6 Å². The van der Waals surface area contributed by atoms with Gasteiger partial charge in [-0.05, 0) is 19.4 Å². The molecule has 0 heterocycles. The zero-order chi connectivity index (χ0) is 20.8. The molecule has 10 heteroatoms. The van der Waals surface area contributed by atoms with Crippen molar-refractivity contribution in [2.75, 3.05) is 11.8 Å². The van der Waals surface area contributed by atoms with E-state index >= 15 is 0 Å². The second-order valence-corrected chi connectivity index (χ2v) is 5.84. The zero-order valence-electron chi connectivity index (χ0n) is 14.9. The molecule has 2 atom stereocenters. The number of hydrogen-bond acceptors (Lipinski definition) is 5. The highest BCUT2D eigenvalue weighted by Crippen LogP contribution is 2.00. The monoisotopic (exact) mass is 420 g/mol. The van der Waals surface area contributed by atoms with Crippen LogP contribution in [0.2, 0.25) is 0 Å². The van der Waals surface area contributed by atoms with Gasteiger partial charge in [-0.15, -0.1) is 23.2 Å². The first-order chi connectivity index (χ1) is 12.7. The lowest BCUT2D eigenvalue weighted by atomic mass is 10.2. The maximum absolute atomic E-state index is 11.6. The Hall–Kier alpha value is -2.32. The fourth-order valence-electron chi connectivity index (χ4n) is 1.44. The SMILES string of the molecule is C[C@H](NC(=O)[C@H](C)NC(=O)OCc1ccccc1)C(=O)O.O=C(CCl)CCl. The number of ketones is 1. The molecule has 0 bridgehead atoms. The number of benzene rings is 1. The van der Waals surface area contributed by atoms with Gasteiger partial charge in [-0.3, -0.25) is 14.4 Å². The molecule has 0 saturated carbocycles. The van der Waals surface area contributed by atoms with E-state index in [0.29, 0.717) is 0 Å². The van der Waals surface area contributed by atoms with Crippen LogP contribution in [0.4, 0.5) is 4.79 Å². The van der Waals surface area contributed by atoms with Crippen LogP contribution in [-0.2, 0) is 25.7 Å². The normalized spacial score (nSPS) is 11.9. The third-order valence-corrected chi connectivity index (χ3v) is 3.56. The molecule has 1 aromatic rings. The molecular formula is C17H22Cl2N2O6. The van der Waals surface area contributed by atoms with Crippen LogP contribution >= 0.6 is 23.2 Å². The van der Waals surface area contributed by atoms with E-state index < -0.39 is 30.1 Å². The van der Waals surface area contributed by atoms with E-state index in [4.69, 9.17) is 33.0 Å². The fourth-order valence-corrected chi connectivity index (χ4v) is 1.73. The Kier molecular flexibility index (Phi) is 12.6. The third-order valence-electron chi connectivity index (χ3n) is 2.97. The third kappa shape index (κ3) is 11.8. The number of Topliss-reactive ketones (excluding diaryl/α,β-unsaturated/α-hetero) is 1. The minimum atomic E-state index is -1.15. The topological polar surface area (TPSA) is 122 Å². The summed E-state index contributed by atoms with van der Waals surface area (Å²) in [6.07, 6.45) is -0.746. The van der Waals surface area contributed by atoms with Crippen molar-refractivity contribution in [3.05, 3.63) is 35.9 Å². The summed E-state index contributed by atoms with van der Waals surface area (Å²) >= 11 is 10.0. The molecule has 0 radical (unpaired) electrons. The van der Waals surface area contributed by atoms with Gasteiger partial charge in [-0.2, -0.15) is 0 Å². The molecule has 0 aromatic heterocycles. The van der Waals surface area contributed by atoms with Gasteiger partial charge >= 0.3 is 12.1 Å². The van der Waals surface area contributed by atoms with Crippen molar-refractivity contribution in [1.82, 2.24) is 10.6 Å². The molecule has 0 spiro atoms. The van der Waals surface area contributed by atoms with Gasteiger partial charge in [0.05, 0.1) is 11.8 Å². The lowest BCUT2D eigenvalue weighted by molar-refractivity contribution is -0.141. The molecule has 8 nitrogen and oxygen atoms in total. The van der Waals surface area contributed by atoms with Gasteiger partial charge in [0.2, 0.25) is 5.91 Å². The largest absolute Gasteiger partial charge is 0.480 e. The average molecular weight is 421 g/mol. The van der Waals surface area contributed by atoms with Crippen molar-refractivity contribution in [3.63, 3.8) is 0 Å². The molecule has 0 aliphatic carbocycles. The summed E-state index contributed by atoms with van der Waals surface area (Å²) in [6.45, 7) is 2.86. The maximum Gasteiger partial charge on any atom is 0.408 e. The van der Waals surface area contributed by atoms with Gasteiger partial charge in [-0.25, -0.2) is 4.79 Å². The van der Waals surface area contributed by atoms with Crippen LogP contribution in [0.15, 0.2) is 30.3 Å². The first-order valence-corrected chi connectivity index (χ1v) is 8.92.